The van der Waals surface area contributed by atoms with Crippen LogP contribution in [-0.2, 0) is 0 Å². The van der Waals surface area contributed by atoms with E-state index in [4.69, 9.17) is 11.6 Å². The standard InChI is InChI=1S/C20H14ClN3O3S/c21-13-7-10-15(17(25)11-13)19(12-5-8-14(9-6-12)24(26)27)23-20-22-16-3-1-2-4-18(16)28-20/h1-11,19,25H,(H,22,23). The fraction of sp³-hybridized carbons (Fsp3) is 0.0500. The van der Waals surface area contributed by atoms with E-state index in [1.54, 1.807) is 24.3 Å². The number of hydrogen-bond acceptors (Lipinski definition) is 6. The normalized spacial score (nSPS) is 12.0. The Kier molecular flexibility index (Phi) is 4.85. The Balaban J connectivity index is 1.77. The van der Waals surface area contributed by atoms with Crippen LogP contribution in [0.15, 0.2) is 66.7 Å². The molecule has 3 aromatic carbocycles. The maximum Gasteiger partial charge on any atom is 0.269 e. The number of halogens is 1. The molecule has 0 bridgehead atoms. The number of phenolic OH excluding ortho intramolecular Hbond substituents is 1. The molecule has 6 nitrogen and oxygen atoms in total. The van der Waals surface area contributed by atoms with Crippen molar-refractivity contribution in [1.82, 2.24) is 4.98 Å². The molecule has 8 heteroatoms. The summed E-state index contributed by atoms with van der Waals surface area (Å²) in [6, 6.07) is 18.4. The van der Waals surface area contributed by atoms with E-state index in [2.05, 4.69) is 10.3 Å². The number of rotatable bonds is 5. The van der Waals surface area contributed by atoms with Crippen molar-refractivity contribution in [2.75, 3.05) is 5.32 Å². The molecule has 0 amide bonds. The highest BCUT2D eigenvalue weighted by atomic mass is 35.5. The van der Waals surface area contributed by atoms with Gasteiger partial charge in [0, 0.05) is 22.7 Å². The second-order valence-electron chi connectivity index (χ2n) is 6.12. The molecule has 1 unspecified atom stereocenters. The Labute approximate surface area is 169 Å². The van der Waals surface area contributed by atoms with Gasteiger partial charge in [-0.2, -0.15) is 0 Å². The average Bonchev–Trinajstić information content (AvgIpc) is 3.09. The van der Waals surface area contributed by atoms with Crippen LogP contribution < -0.4 is 5.32 Å². The first kappa shape index (κ1) is 18.2. The lowest BCUT2D eigenvalue weighted by Gasteiger charge is -2.20. The summed E-state index contributed by atoms with van der Waals surface area (Å²) in [5.74, 6) is 0.0319. The van der Waals surface area contributed by atoms with Crippen molar-refractivity contribution in [3.63, 3.8) is 0 Å². The largest absolute Gasteiger partial charge is 0.508 e. The number of nitrogens with zero attached hydrogens (tertiary/aromatic N) is 2. The van der Waals surface area contributed by atoms with Crippen LogP contribution in [0.4, 0.5) is 10.8 Å². The van der Waals surface area contributed by atoms with Crippen LogP contribution in [-0.4, -0.2) is 15.0 Å². The summed E-state index contributed by atoms with van der Waals surface area (Å²) < 4.78 is 1.03. The first-order valence-electron chi connectivity index (χ1n) is 8.36. The number of anilines is 1. The SMILES string of the molecule is O=[N+]([O-])c1ccc(C(Nc2nc3ccccc3s2)c2ccc(Cl)cc2O)cc1. The number of nitro groups is 1. The van der Waals surface area contributed by atoms with Gasteiger partial charge in [-0.1, -0.05) is 41.1 Å². The molecule has 0 saturated carbocycles. The molecule has 0 aliphatic carbocycles. The molecule has 28 heavy (non-hydrogen) atoms. The van der Waals surface area contributed by atoms with Gasteiger partial charge in [-0.25, -0.2) is 4.98 Å². The van der Waals surface area contributed by atoms with Crippen molar-refractivity contribution < 1.29 is 10.0 Å². The molecule has 0 spiro atoms. The van der Waals surface area contributed by atoms with Crippen molar-refractivity contribution in [3.8, 4) is 5.75 Å². The Bertz CT molecular complexity index is 1130. The Hall–Kier alpha value is -3.16. The highest BCUT2D eigenvalue weighted by Crippen LogP contribution is 2.36. The van der Waals surface area contributed by atoms with E-state index >= 15 is 0 Å². The van der Waals surface area contributed by atoms with Crippen molar-refractivity contribution in [2.45, 2.75) is 6.04 Å². The first-order chi connectivity index (χ1) is 13.5. The maximum atomic E-state index is 11.0. The molecule has 0 aliphatic heterocycles. The predicted octanol–water partition coefficient (Wildman–Crippen LogP) is 5.77. The fourth-order valence-electron chi connectivity index (χ4n) is 2.95. The monoisotopic (exact) mass is 411 g/mol. The lowest BCUT2D eigenvalue weighted by Crippen LogP contribution is -2.12. The molecule has 1 aromatic heterocycles. The number of nitro benzene ring substituents is 1. The first-order valence-corrected chi connectivity index (χ1v) is 9.55. The summed E-state index contributed by atoms with van der Waals surface area (Å²) in [7, 11) is 0. The van der Waals surface area contributed by atoms with Crippen molar-refractivity contribution in [3.05, 3.63) is 93.0 Å². The number of non-ortho nitro benzene ring substituents is 1. The molecular formula is C20H14ClN3O3S. The van der Waals surface area contributed by atoms with Crippen molar-refractivity contribution in [2.24, 2.45) is 0 Å². The zero-order chi connectivity index (χ0) is 19.7. The molecule has 0 aliphatic rings. The van der Waals surface area contributed by atoms with Gasteiger partial charge in [0.05, 0.1) is 21.2 Å². The predicted molar refractivity (Wildman–Crippen MR) is 111 cm³/mol. The van der Waals surface area contributed by atoms with Crippen molar-refractivity contribution >= 4 is 44.0 Å². The summed E-state index contributed by atoms with van der Waals surface area (Å²) in [5.41, 5.74) is 2.22. The number of fused-ring (bicyclic) bond motifs is 1. The van der Waals surface area contributed by atoms with Gasteiger partial charge in [0.1, 0.15) is 5.75 Å². The Morgan fingerprint density at radius 2 is 1.86 bits per heavy atom. The third kappa shape index (κ3) is 3.62. The number of aromatic nitrogens is 1. The quantitative estimate of drug-likeness (QED) is 0.321. The smallest absolute Gasteiger partial charge is 0.269 e. The van der Waals surface area contributed by atoms with Gasteiger partial charge in [0.25, 0.3) is 5.69 Å². The van der Waals surface area contributed by atoms with Crippen LogP contribution in [0.25, 0.3) is 10.2 Å². The van der Waals surface area contributed by atoms with Gasteiger partial charge < -0.3 is 10.4 Å². The van der Waals surface area contributed by atoms with Gasteiger partial charge in [-0.05, 0) is 42.0 Å². The Morgan fingerprint density at radius 3 is 2.54 bits per heavy atom. The topological polar surface area (TPSA) is 88.3 Å². The van der Waals surface area contributed by atoms with Gasteiger partial charge in [0.2, 0.25) is 0 Å². The second kappa shape index (κ2) is 7.46. The van der Waals surface area contributed by atoms with Crippen LogP contribution in [0.2, 0.25) is 5.02 Å². The number of nitrogens with one attached hydrogen (secondary N) is 1. The molecule has 0 radical (unpaired) electrons. The highest BCUT2D eigenvalue weighted by molar-refractivity contribution is 7.22. The molecule has 2 N–H and O–H groups in total. The maximum absolute atomic E-state index is 11.0. The molecule has 1 heterocycles. The molecule has 4 aromatic rings. The lowest BCUT2D eigenvalue weighted by atomic mass is 9.97. The third-order valence-electron chi connectivity index (χ3n) is 4.30. The molecule has 4 rings (SSSR count). The zero-order valence-corrected chi connectivity index (χ0v) is 15.9. The van der Waals surface area contributed by atoms with Gasteiger partial charge in [0.15, 0.2) is 5.13 Å². The van der Waals surface area contributed by atoms with Gasteiger partial charge in [-0.3, -0.25) is 10.1 Å². The number of benzene rings is 3. The Morgan fingerprint density at radius 1 is 1.11 bits per heavy atom. The van der Waals surface area contributed by atoms with Crippen LogP contribution in [0.1, 0.15) is 17.2 Å². The van der Waals surface area contributed by atoms with Crippen LogP contribution in [0, 0.1) is 10.1 Å². The molecule has 1 atom stereocenters. The minimum absolute atomic E-state index is 0.00261. The van der Waals surface area contributed by atoms with E-state index in [0.29, 0.717) is 15.7 Å². The molecule has 0 saturated heterocycles. The lowest BCUT2D eigenvalue weighted by molar-refractivity contribution is -0.384. The summed E-state index contributed by atoms with van der Waals surface area (Å²) in [5, 5.41) is 25.8. The van der Waals surface area contributed by atoms with E-state index < -0.39 is 11.0 Å². The van der Waals surface area contributed by atoms with Crippen molar-refractivity contribution in [1.29, 1.82) is 0 Å². The second-order valence-corrected chi connectivity index (χ2v) is 7.58. The summed E-state index contributed by atoms with van der Waals surface area (Å²) in [4.78, 5) is 15.1. The molecule has 140 valence electrons. The average molecular weight is 412 g/mol. The van der Waals surface area contributed by atoms with E-state index in [0.717, 1.165) is 15.8 Å². The number of phenols is 1. The summed E-state index contributed by atoms with van der Waals surface area (Å²) >= 11 is 7.47. The third-order valence-corrected chi connectivity index (χ3v) is 5.51. The van der Waals surface area contributed by atoms with E-state index in [-0.39, 0.29) is 11.4 Å². The van der Waals surface area contributed by atoms with E-state index in [1.807, 2.05) is 24.3 Å². The van der Waals surface area contributed by atoms with Gasteiger partial charge >= 0.3 is 0 Å². The van der Waals surface area contributed by atoms with Gasteiger partial charge in [-0.15, -0.1) is 0 Å². The van der Waals surface area contributed by atoms with E-state index in [1.165, 1.54) is 29.5 Å². The summed E-state index contributed by atoms with van der Waals surface area (Å²) in [6.45, 7) is 0. The van der Waals surface area contributed by atoms with Crippen LogP contribution >= 0.6 is 22.9 Å². The van der Waals surface area contributed by atoms with Crippen LogP contribution in [0.5, 0.6) is 5.75 Å². The highest BCUT2D eigenvalue weighted by Gasteiger charge is 2.20. The molecule has 0 fully saturated rings. The summed E-state index contributed by atoms with van der Waals surface area (Å²) in [6.07, 6.45) is 0. The van der Waals surface area contributed by atoms with E-state index in [9.17, 15) is 15.2 Å². The fourth-order valence-corrected chi connectivity index (χ4v) is 4.01. The minimum atomic E-state index is -0.460. The zero-order valence-electron chi connectivity index (χ0n) is 14.4. The molecular weight excluding hydrogens is 398 g/mol. The number of hydrogen-bond donors (Lipinski definition) is 2. The number of thiazole rings is 1. The number of aromatic hydroxyl groups is 1. The number of para-hydroxylation sites is 1. The minimum Gasteiger partial charge on any atom is -0.508 e. The van der Waals surface area contributed by atoms with Crippen LogP contribution in [0.3, 0.4) is 0 Å².